The predicted molar refractivity (Wildman–Crippen MR) is 76.5 cm³/mol. The molecule has 3 rings (SSSR count). The van der Waals surface area contributed by atoms with Gasteiger partial charge in [-0.1, -0.05) is 11.6 Å². The highest BCUT2D eigenvalue weighted by atomic mass is 35.5. The number of rotatable bonds is 3. The van der Waals surface area contributed by atoms with Gasteiger partial charge in [-0.2, -0.15) is 4.98 Å². The number of halogens is 1. The first-order chi connectivity index (χ1) is 9.65. The summed E-state index contributed by atoms with van der Waals surface area (Å²) in [7, 11) is 0. The molecule has 0 atom stereocenters. The Kier molecular flexibility index (Phi) is 3.96. The second-order valence-electron chi connectivity index (χ2n) is 5.37. The van der Waals surface area contributed by atoms with Crippen molar-refractivity contribution in [3.05, 3.63) is 11.2 Å². The number of nitrogens with one attached hydrogen (secondary N) is 1. The highest BCUT2D eigenvalue weighted by Crippen LogP contribution is 2.38. The molecule has 1 saturated carbocycles. The highest BCUT2D eigenvalue weighted by Gasteiger charge is 2.40. The van der Waals surface area contributed by atoms with Gasteiger partial charge in [-0.15, -0.1) is 0 Å². The number of aromatic nitrogens is 2. The van der Waals surface area contributed by atoms with Crippen LogP contribution in [0.4, 0.5) is 11.8 Å². The van der Waals surface area contributed by atoms with Gasteiger partial charge in [0.25, 0.3) is 0 Å². The van der Waals surface area contributed by atoms with E-state index in [1.165, 1.54) is 0 Å². The summed E-state index contributed by atoms with van der Waals surface area (Å²) >= 11 is 5.85. The van der Waals surface area contributed by atoms with Gasteiger partial charge >= 0.3 is 0 Å². The molecule has 0 unspecified atom stereocenters. The molecule has 1 aliphatic carbocycles. The van der Waals surface area contributed by atoms with E-state index in [2.05, 4.69) is 15.3 Å². The number of hydrogen-bond acceptors (Lipinski definition) is 6. The summed E-state index contributed by atoms with van der Waals surface area (Å²) in [6.45, 7) is 2.30. The van der Waals surface area contributed by atoms with Gasteiger partial charge < -0.3 is 20.5 Å². The quantitative estimate of drug-likeness (QED) is 0.831. The van der Waals surface area contributed by atoms with Crippen LogP contribution in [0.5, 0.6) is 0 Å². The fourth-order valence-electron chi connectivity index (χ4n) is 2.88. The van der Waals surface area contributed by atoms with Gasteiger partial charge in [0, 0.05) is 25.5 Å². The van der Waals surface area contributed by atoms with Crippen LogP contribution < -0.4 is 11.1 Å². The standard InChI is InChI=1S/C13H19ClN4O2/c14-10-7-11(18-12(15)17-10)16-8-9-1-3-13(4-2-9)19-5-6-20-13/h7,9H,1-6,8H2,(H3,15,16,17,18). The zero-order chi connectivity index (χ0) is 14.0. The molecule has 3 N–H and O–H groups in total. The van der Waals surface area contributed by atoms with E-state index in [0.29, 0.717) is 16.9 Å². The molecule has 6 nitrogen and oxygen atoms in total. The lowest BCUT2D eigenvalue weighted by Crippen LogP contribution is -2.36. The minimum absolute atomic E-state index is 0.190. The molecule has 2 heterocycles. The first-order valence-electron chi connectivity index (χ1n) is 6.97. The normalized spacial score (nSPS) is 22.2. The van der Waals surface area contributed by atoms with E-state index in [1.54, 1.807) is 6.07 Å². The van der Waals surface area contributed by atoms with Crippen LogP contribution in [0.25, 0.3) is 0 Å². The molecule has 1 aromatic rings. The van der Waals surface area contributed by atoms with Crippen molar-refractivity contribution >= 4 is 23.4 Å². The van der Waals surface area contributed by atoms with Gasteiger partial charge in [-0.3, -0.25) is 0 Å². The third-order valence-electron chi connectivity index (χ3n) is 3.96. The number of nitrogens with zero attached hydrogens (tertiary/aromatic N) is 2. The lowest BCUT2D eigenvalue weighted by atomic mass is 9.85. The number of nitrogen functional groups attached to an aromatic ring is 1. The van der Waals surface area contributed by atoms with Gasteiger partial charge in [0.1, 0.15) is 11.0 Å². The Balaban J connectivity index is 1.50. The lowest BCUT2D eigenvalue weighted by molar-refractivity contribution is -0.181. The molecule has 0 aromatic carbocycles. The lowest BCUT2D eigenvalue weighted by Gasteiger charge is -2.35. The molecule has 0 bridgehead atoms. The number of anilines is 2. The number of ether oxygens (including phenoxy) is 2. The van der Waals surface area contributed by atoms with Gasteiger partial charge in [-0.25, -0.2) is 4.98 Å². The summed E-state index contributed by atoms with van der Waals surface area (Å²) in [6.07, 6.45) is 4.10. The molecular weight excluding hydrogens is 280 g/mol. The van der Waals surface area contributed by atoms with Gasteiger partial charge in [0.15, 0.2) is 5.79 Å². The van der Waals surface area contributed by atoms with Crippen molar-refractivity contribution in [2.45, 2.75) is 31.5 Å². The van der Waals surface area contributed by atoms with Crippen molar-refractivity contribution < 1.29 is 9.47 Å². The summed E-state index contributed by atoms with van der Waals surface area (Å²) in [5.41, 5.74) is 5.57. The molecule has 110 valence electrons. The fraction of sp³-hybridized carbons (Fsp3) is 0.692. The SMILES string of the molecule is Nc1nc(Cl)cc(NCC2CCC3(CC2)OCCO3)n1. The Morgan fingerprint density at radius 3 is 2.65 bits per heavy atom. The summed E-state index contributed by atoms with van der Waals surface area (Å²) < 4.78 is 11.5. The van der Waals surface area contributed by atoms with Crippen molar-refractivity contribution in [3.63, 3.8) is 0 Å². The Morgan fingerprint density at radius 2 is 2.00 bits per heavy atom. The van der Waals surface area contributed by atoms with Crippen LogP contribution in [0.3, 0.4) is 0 Å². The zero-order valence-corrected chi connectivity index (χ0v) is 12.0. The molecule has 0 amide bonds. The maximum atomic E-state index is 5.85. The van der Waals surface area contributed by atoms with E-state index in [4.69, 9.17) is 26.8 Å². The molecule has 2 aliphatic rings. The molecule has 1 aliphatic heterocycles. The Bertz CT molecular complexity index is 449. The molecule has 1 saturated heterocycles. The Morgan fingerprint density at radius 1 is 1.30 bits per heavy atom. The van der Waals surface area contributed by atoms with Gasteiger partial charge in [0.05, 0.1) is 13.2 Å². The van der Waals surface area contributed by atoms with E-state index in [-0.39, 0.29) is 11.7 Å². The summed E-state index contributed by atoms with van der Waals surface area (Å²) in [4.78, 5) is 7.95. The maximum absolute atomic E-state index is 5.85. The molecule has 7 heteroatoms. The minimum Gasteiger partial charge on any atom is -0.370 e. The van der Waals surface area contributed by atoms with Crippen LogP contribution in [0.15, 0.2) is 6.07 Å². The average molecular weight is 299 g/mol. The van der Waals surface area contributed by atoms with Crippen LogP contribution >= 0.6 is 11.6 Å². The Hall–Kier alpha value is -1.11. The average Bonchev–Trinajstić information content (AvgIpc) is 2.86. The summed E-state index contributed by atoms with van der Waals surface area (Å²) in [6, 6.07) is 1.69. The third kappa shape index (κ3) is 3.13. The van der Waals surface area contributed by atoms with Crippen molar-refractivity contribution in [1.82, 2.24) is 9.97 Å². The fourth-order valence-corrected chi connectivity index (χ4v) is 3.07. The van der Waals surface area contributed by atoms with Crippen molar-refractivity contribution in [2.75, 3.05) is 30.8 Å². The molecule has 2 fully saturated rings. The number of hydrogen-bond donors (Lipinski definition) is 2. The molecule has 1 spiro atoms. The van der Waals surface area contributed by atoms with E-state index in [0.717, 1.165) is 45.4 Å². The first-order valence-corrected chi connectivity index (χ1v) is 7.35. The van der Waals surface area contributed by atoms with Crippen molar-refractivity contribution in [1.29, 1.82) is 0 Å². The van der Waals surface area contributed by atoms with Crippen molar-refractivity contribution in [2.24, 2.45) is 5.92 Å². The molecule has 20 heavy (non-hydrogen) atoms. The largest absolute Gasteiger partial charge is 0.370 e. The Labute approximate surface area is 123 Å². The van der Waals surface area contributed by atoms with E-state index in [1.807, 2.05) is 0 Å². The number of nitrogens with two attached hydrogens (primary N) is 1. The van der Waals surface area contributed by atoms with E-state index >= 15 is 0 Å². The van der Waals surface area contributed by atoms with Crippen LogP contribution in [0.1, 0.15) is 25.7 Å². The van der Waals surface area contributed by atoms with Gasteiger partial charge in [-0.05, 0) is 18.8 Å². The minimum atomic E-state index is -0.293. The van der Waals surface area contributed by atoms with Crippen LogP contribution in [0, 0.1) is 5.92 Å². The summed E-state index contributed by atoms with van der Waals surface area (Å²) in [5.74, 6) is 1.16. The second-order valence-corrected chi connectivity index (χ2v) is 5.75. The van der Waals surface area contributed by atoms with Crippen LogP contribution in [-0.2, 0) is 9.47 Å². The molecular formula is C13H19ClN4O2. The maximum Gasteiger partial charge on any atom is 0.223 e. The van der Waals surface area contributed by atoms with Crippen LogP contribution in [0.2, 0.25) is 5.15 Å². The topological polar surface area (TPSA) is 82.3 Å². The van der Waals surface area contributed by atoms with Crippen molar-refractivity contribution in [3.8, 4) is 0 Å². The molecule has 1 aromatic heterocycles. The first kappa shape index (κ1) is 13.9. The highest BCUT2D eigenvalue weighted by molar-refractivity contribution is 6.29. The third-order valence-corrected chi connectivity index (χ3v) is 4.16. The van der Waals surface area contributed by atoms with Crippen LogP contribution in [-0.4, -0.2) is 35.5 Å². The molecule has 0 radical (unpaired) electrons. The van der Waals surface area contributed by atoms with E-state index in [9.17, 15) is 0 Å². The zero-order valence-electron chi connectivity index (χ0n) is 11.3. The monoisotopic (exact) mass is 298 g/mol. The predicted octanol–water partition coefficient (Wildman–Crippen LogP) is 2.06. The van der Waals surface area contributed by atoms with Gasteiger partial charge in [0.2, 0.25) is 5.95 Å². The second kappa shape index (κ2) is 5.71. The smallest absolute Gasteiger partial charge is 0.223 e. The van der Waals surface area contributed by atoms with E-state index < -0.39 is 0 Å². The summed E-state index contributed by atoms with van der Waals surface area (Å²) in [5, 5.41) is 3.63.